The van der Waals surface area contributed by atoms with Crippen LogP contribution in [-0.2, 0) is 18.9 Å². The molecular weight excluding hydrogens is 526 g/mol. The van der Waals surface area contributed by atoms with Crippen molar-refractivity contribution in [2.75, 3.05) is 26.1 Å². The summed E-state index contributed by atoms with van der Waals surface area (Å²) in [7, 11) is 3.29. The number of amides is 1. The third kappa shape index (κ3) is 5.39. The standard InChI is InChI=1S/C32H47NO8/c1-5-6-13-40-30(35)33-25-10-8-7-9-23(25)29(34)41-26-12-11-20-15-21(26)17-22(16-20)31(36)18-27(38-3)24-14-19(2)32(31,37)28(24)39-4/h7-10,19-22,24,26-28,36-37H,5-6,11-18H2,1-4H3,(H,33,35)/t19?,20-,21?,22+,24+,26-,27?,28-,31-,32-/m0/s1. The van der Waals surface area contributed by atoms with Gasteiger partial charge in [0.2, 0.25) is 0 Å². The predicted octanol–water partition coefficient (Wildman–Crippen LogP) is 4.94. The minimum atomic E-state index is -1.36. The number of methoxy groups -OCH3 is 2. The summed E-state index contributed by atoms with van der Waals surface area (Å²) in [6, 6.07) is 6.80. The molecule has 9 nitrogen and oxygen atoms in total. The first-order valence-electron chi connectivity index (χ1n) is 15.4. The van der Waals surface area contributed by atoms with Gasteiger partial charge in [0, 0.05) is 26.6 Å². The molecule has 4 fully saturated rings. The van der Waals surface area contributed by atoms with Gasteiger partial charge < -0.3 is 29.2 Å². The number of benzene rings is 1. The maximum absolute atomic E-state index is 13.4. The molecule has 4 saturated carbocycles. The zero-order chi connectivity index (χ0) is 29.4. The van der Waals surface area contributed by atoms with Crippen LogP contribution in [0.4, 0.5) is 10.5 Å². The third-order valence-electron chi connectivity index (χ3n) is 10.7. The van der Waals surface area contributed by atoms with Crippen molar-refractivity contribution in [2.24, 2.45) is 29.6 Å². The summed E-state index contributed by atoms with van der Waals surface area (Å²) in [5, 5.41) is 27.3. The van der Waals surface area contributed by atoms with Crippen molar-refractivity contribution in [2.45, 2.75) is 101 Å². The van der Waals surface area contributed by atoms with Gasteiger partial charge in [-0.2, -0.15) is 0 Å². The fourth-order valence-electron chi connectivity index (χ4n) is 8.70. The largest absolute Gasteiger partial charge is 0.458 e. The van der Waals surface area contributed by atoms with Crippen molar-refractivity contribution in [3.63, 3.8) is 0 Å². The van der Waals surface area contributed by atoms with Gasteiger partial charge in [0.25, 0.3) is 0 Å². The van der Waals surface area contributed by atoms with Gasteiger partial charge in [0.15, 0.2) is 0 Å². The number of rotatable bonds is 9. The van der Waals surface area contributed by atoms with Crippen LogP contribution in [-0.4, -0.2) is 72.6 Å². The summed E-state index contributed by atoms with van der Waals surface area (Å²) in [6.45, 7) is 4.34. The van der Waals surface area contributed by atoms with Gasteiger partial charge >= 0.3 is 12.1 Å². The van der Waals surface area contributed by atoms with E-state index in [-0.39, 0.29) is 41.4 Å². The van der Waals surface area contributed by atoms with Gasteiger partial charge in [-0.3, -0.25) is 5.32 Å². The smallest absolute Gasteiger partial charge is 0.411 e. The molecule has 3 unspecified atom stereocenters. The Morgan fingerprint density at radius 2 is 1.80 bits per heavy atom. The summed E-state index contributed by atoms with van der Waals surface area (Å²) in [5.74, 6) is -0.276. The molecule has 3 N–H and O–H groups in total. The Kier molecular flexibility index (Phi) is 9.00. The van der Waals surface area contributed by atoms with Crippen LogP contribution in [0.2, 0.25) is 0 Å². The van der Waals surface area contributed by atoms with Crippen molar-refractivity contribution in [3.8, 4) is 0 Å². The molecule has 10 atom stereocenters. The highest BCUT2D eigenvalue weighted by Gasteiger charge is 2.71. The van der Waals surface area contributed by atoms with Gasteiger partial charge in [-0.25, -0.2) is 9.59 Å². The lowest BCUT2D eigenvalue weighted by atomic mass is 9.55. The average Bonchev–Trinajstić information content (AvgIpc) is 3.19. The molecule has 0 spiro atoms. The Morgan fingerprint density at radius 3 is 2.54 bits per heavy atom. The number of nitrogens with one attached hydrogen (secondary N) is 1. The van der Waals surface area contributed by atoms with Crippen LogP contribution in [0.25, 0.3) is 0 Å². The van der Waals surface area contributed by atoms with Crippen molar-refractivity contribution in [1.29, 1.82) is 0 Å². The van der Waals surface area contributed by atoms with E-state index < -0.39 is 29.4 Å². The number of carbonyl (C=O) groups excluding carboxylic acids is 2. The Hall–Kier alpha value is -2.20. The van der Waals surface area contributed by atoms with E-state index >= 15 is 0 Å². The second-order valence-electron chi connectivity index (χ2n) is 12.9. The highest BCUT2D eigenvalue weighted by atomic mass is 16.6. The zero-order valence-corrected chi connectivity index (χ0v) is 24.8. The molecule has 1 aromatic rings. The van der Waals surface area contributed by atoms with Crippen molar-refractivity contribution in [3.05, 3.63) is 29.8 Å². The lowest BCUT2D eigenvalue weighted by Crippen LogP contribution is -2.71. The van der Waals surface area contributed by atoms with Gasteiger partial charge in [-0.1, -0.05) is 32.4 Å². The lowest BCUT2D eigenvalue weighted by Gasteiger charge is -2.58. The first kappa shape index (κ1) is 30.3. The first-order valence-corrected chi connectivity index (χ1v) is 15.4. The number of hydrogen-bond acceptors (Lipinski definition) is 8. The number of anilines is 1. The summed E-state index contributed by atoms with van der Waals surface area (Å²) in [6.07, 6.45) is 5.26. The van der Waals surface area contributed by atoms with E-state index in [1.165, 1.54) is 0 Å². The van der Waals surface area contributed by atoms with Crippen LogP contribution in [0.5, 0.6) is 0 Å². The maximum atomic E-state index is 13.4. The Labute approximate surface area is 243 Å². The molecule has 4 aliphatic rings. The molecule has 5 rings (SSSR count). The summed E-state index contributed by atoms with van der Waals surface area (Å²) >= 11 is 0. The predicted molar refractivity (Wildman–Crippen MR) is 152 cm³/mol. The first-order chi connectivity index (χ1) is 19.7. The molecule has 0 saturated heterocycles. The molecule has 0 heterocycles. The second kappa shape index (κ2) is 12.2. The van der Waals surface area contributed by atoms with Gasteiger partial charge in [-0.05, 0) is 80.8 Å². The second-order valence-corrected chi connectivity index (χ2v) is 12.9. The van der Waals surface area contributed by atoms with Crippen LogP contribution in [0.3, 0.4) is 0 Å². The van der Waals surface area contributed by atoms with E-state index in [9.17, 15) is 19.8 Å². The number of unbranched alkanes of at least 4 members (excludes halogenated alkanes) is 1. The number of aliphatic hydroxyl groups is 2. The van der Waals surface area contributed by atoms with E-state index in [1.807, 2.05) is 13.8 Å². The number of esters is 1. The van der Waals surface area contributed by atoms with Gasteiger partial charge in [0.1, 0.15) is 17.3 Å². The molecule has 0 aromatic heterocycles. The number of fused-ring (bicyclic) bond motifs is 4. The van der Waals surface area contributed by atoms with Crippen molar-refractivity contribution >= 4 is 17.7 Å². The summed E-state index contributed by atoms with van der Waals surface area (Å²) in [5.41, 5.74) is -2.08. The normalized spacial score (nSPS) is 39.7. The molecule has 0 aliphatic heterocycles. The SMILES string of the molecule is CCCCOC(=O)Nc1ccccc1C(=O)O[C@H]1CC[C@H]2CC1C[C@H]([C@@]1(O)CC(OC)[C@H]3CC(C)[C@]1(O)[C@H]3OC)C2. The zero-order valence-electron chi connectivity index (χ0n) is 24.8. The van der Waals surface area contributed by atoms with Crippen LogP contribution in [0, 0.1) is 29.6 Å². The lowest BCUT2D eigenvalue weighted by molar-refractivity contribution is -0.281. The monoisotopic (exact) mass is 573 g/mol. The molecule has 4 aliphatic carbocycles. The fraction of sp³-hybridized carbons (Fsp3) is 0.750. The summed E-state index contributed by atoms with van der Waals surface area (Å²) in [4.78, 5) is 25.7. The van der Waals surface area contributed by atoms with Crippen LogP contribution in [0.1, 0.15) is 82.0 Å². The number of ether oxygens (including phenoxy) is 4. The van der Waals surface area contributed by atoms with E-state index in [0.29, 0.717) is 31.1 Å². The fourth-order valence-corrected chi connectivity index (χ4v) is 8.70. The van der Waals surface area contributed by atoms with Crippen molar-refractivity contribution in [1.82, 2.24) is 0 Å². The Morgan fingerprint density at radius 1 is 1.02 bits per heavy atom. The number of hydrogen-bond donors (Lipinski definition) is 3. The number of carbonyl (C=O) groups is 2. The van der Waals surface area contributed by atoms with Gasteiger partial charge in [0.05, 0.1) is 30.1 Å². The van der Waals surface area contributed by atoms with E-state index in [0.717, 1.165) is 44.9 Å². The molecule has 9 heteroatoms. The quantitative estimate of drug-likeness (QED) is 0.280. The average molecular weight is 574 g/mol. The highest BCUT2D eigenvalue weighted by molar-refractivity contribution is 5.99. The van der Waals surface area contributed by atoms with Crippen molar-refractivity contribution < 1.29 is 38.7 Å². The minimum absolute atomic E-state index is 0.0414. The molecule has 1 aromatic carbocycles. The summed E-state index contributed by atoms with van der Waals surface area (Å²) < 4.78 is 23.0. The topological polar surface area (TPSA) is 124 Å². The van der Waals surface area contributed by atoms with Crippen LogP contribution >= 0.6 is 0 Å². The maximum Gasteiger partial charge on any atom is 0.411 e. The Bertz CT molecular complexity index is 1100. The van der Waals surface area contributed by atoms with Crippen LogP contribution < -0.4 is 5.32 Å². The number of para-hydroxylation sites is 1. The highest BCUT2D eigenvalue weighted by Crippen LogP contribution is 2.61. The minimum Gasteiger partial charge on any atom is -0.458 e. The molecule has 1 amide bonds. The molecule has 4 bridgehead atoms. The molecule has 228 valence electrons. The molecule has 0 radical (unpaired) electrons. The molecule has 41 heavy (non-hydrogen) atoms. The van der Waals surface area contributed by atoms with Crippen LogP contribution in [0.15, 0.2) is 24.3 Å². The third-order valence-corrected chi connectivity index (χ3v) is 10.7. The Balaban J connectivity index is 1.31. The molecular formula is C32H47NO8. The van der Waals surface area contributed by atoms with Gasteiger partial charge in [-0.15, -0.1) is 0 Å². The van der Waals surface area contributed by atoms with E-state index in [4.69, 9.17) is 18.9 Å². The van der Waals surface area contributed by atoms with E-state index in [2.05, 4.69) is 5.32 Å². The van der Waals surface area contributed by atoms with E-state index in [1.54, 1.807) is 38.5 Å².